The molecule has 0 unspecified atom stereocenters. The van der Waals surface area contributed by atoms with Gasteiger partial charge in [-0.2, -0.15) is 0 Å². The van der Waals surface area contributed by atoms with Gasteiger partial charge in [0.2, 0.25) is 0 Å². The van der Waals surface area contributed by atoms with Crippen LogP contribution in [-0.4, -0.2) is 36.4 Å². The predicted molar refractivity (Wildman–Crippen MR) is 69.6 cm³/mol. The van der Waals surface area contributed by atoms with Crippen LogP contribution in [0.3, 0.4) is 0 Å². The molecule has 0 bridgehead atoms. The Morgan fingerprint density at radius 3 is 2.26 bits per heavy atom. The lowest BCUT2D eigenvalue weighted by atomic mass is 10.0. The highest BCUT2D eigenvalue weighted by Gasteiger charge is 2.40. The molecule has 1 aliphatic heterocycles. The van der Waals surface area contributed by atoms with Gasteiger partial charge in [0.15, 0.2) is 5.79 Å². The van der Waals surface area contributed by atoms with Crippen molar-refractivity contribution in [3.63, 3.8) is 0 Å². The van der Waals surface area contributed by atoms with Crippen molar-refractivity contribution in [2.75, 3.05) is 13.2 Å². The van der Waals surface area contributed by atoms with E-state index in [1.54, 1.807) is 0 Å². The molecular weight excluding hydrogens is 248 g/mol. The summed E-state index contributed by atoms with van der Waals surface area (Å²) in [5.74, 6) is -1.20. The summed E-state index contributed by atoms with van der Waals surface area (Å²) in [4.78, 5) is 23.3. The van der Waals surface area contributed by atoms with Gasteiger partial charge in [0.25, 0.3) is 0 Å². The van der Waals surface area contributed by atoms with Crippen molar-refractivity contribution in [3.05, 3.63) is 0 Å². The van der Waals surface area contributed by atoms with Crippen LogP contribution in [0.15, 0.2) is 0 Å². The molecule has 0 aromatic heterocycles. The van der Waals surface area contributed by atoms with Crippen molar-refractivity contribution in [1.29, 1.82) is 0 Å². The summed E-state index contributed by atoms with van der Waals surface area (Å²) in [6.07, 6.45) is 1.28. The van der Waals surface area contributed by atoms with Crippen LogP contribution < -0.4 is 0 Å². The third-order valence-corrected chi connectivity index (χ3v) is 2.83. The number of ketones is 1. The SMILES string of the molecule is CCC(=O)CCC1(CC(=O)OC(C)(C)C)OCCO1. The van der Waals surface area contributed by atoms with Crippen molar-refractivity contribution in [3.8, 4) is 0 Å². The molecule has 0 N–H and O–H groups in total. The summed E-state index contributed by atoms with van der Waals surface area (Å²) in [6.45, 7) is 8.16. The second kappa shape index (κ2) is 6.48. The lowest BCUT2D eigenvalue weighted by molar-refractivity contribution is -0.192. The van der Waals surface area contributed by atoms with Gasteiger partial charge in [-0.1, -0.05) is 6.92 Å². The number of ether oxygens (including phenoxy) is 3. The number of carbonyl (C=O) groups is 2. The van der Waals surface area contributed by atoms with Crippen LogP contribution in [0.2, 0.25) is 0 Å². The number of rotatable bonds is 6. The number of esters is 1. The van der Waals surface area contributed by atoms with E-state index in [1.165, 1.54) is 0 Å². The minimum absolute atomic E-state index is 0.0290. The second-order valence-corrected chi connectivity index (χ2v) is 5.76. The molecule has 0 radical (unpaired) electrons. The number of hydrogen-bond acceptors (Lipinski definition) is 5. The third-order valence-electron chi connectivity index (χ3n) is 2.83. The highest BCUT2D eigenvalue weighted by atomic mass is 16.7. The fourth-order valence-corrected chi connectivity index (χ4v) is 1.94. The quantitative estimate of drug-likeness (QED) is 0.694. The maximum Gasteiger partial charge on any atom is 0.311 e. The topological polar surface area (TPSA) is 61.8 Å². The Morgan fingerprint density at radius 1 is 1.21 bits per heavy atom. The summed E-state index contributed by atoms with van der Waals surface area (Å²) in [6, 6.07) is 0. The highest BCUT2D eigenvalue weighted by Crippen LogP contribution is 2.30. The van der Waals surface area contributed by atoms with Gasteiger partial charge in [0.1, 0.15) is 11.4 Å². The van der Waals surface area contributed by atoms with E-state index in [1.807, 2.05) is 27.7 Å². The fourth-order valence-electron chi connectivity index (χ4n) is 1.94. The molecule has 1 heterocycles. The largest absolute Gasteiger partial charge is 0.460 e. The zero-order valence-corrected chi connectivity index (χ0v) is 12.3. The van der Waals surface area contributed by atoms with Crippen molar-refractivity contribution >= 4 is 11.8 Å². The van der Waals surface area contributed by atoms with Crippen molar-refractivity contribution in [2.24, 2.45) is 0 Å². The lowest BCUT2D eigenvalue weighted by Gasteiger charge is -2.28. The fraction of sp³-hybridized carbons (Fsp3) is 0.857. The Bertz CT molecular complexity index is 323. The van der Waals surface area contributed by atoms with Crippen LogP contribution in [0.4, 0.5) is 0 Å². The molecule has 1 saturated heterocycles. The Labute approximate surface area is 114 Å². The maximum atomic E-state index is 11.9. The number of Topliss-reactive ketones (excluding diaryl/α,β-unsaturated/α-hetero) is 1. The third kappa shape index (κ3) is 5.70. The summed E-state index contributed by atoms with van der Waals surface area (Å²) in [5.41, 5.74) is -0.532. The molecule has 19 heavy (non-hydrogen) atoms. The Morgan fingerprint density at radius 2 is 1.79 bits per heavy atom. The van der Waals surface area contributed by atoms with Crippen LogP contribution in [-0.2, 0) is 23.8 Å². The molecule has 0 atom stereocenters. The zero-order chi connectivity index (χ0) is 14.5. The molecular formula is C14H24O5. The van der Waals surface area contributed by atoms with E-state index in [0.29, 0.717) is 32.5 Å². The van der Waals surface area contributed by atoms with Crippen molar-refractivity contribution in [1.82, 2.24) is 0 Å². The summed E-state index contributed by atoms with van der Waals surface area (Å²) in [7, 11) is 0. The second-order valence-electron chi connectivity index (χ2n) is 5.76. The highest BCUT2D eigenvalue weighted by molar-refractivity contribution is 5.78. The average Bonchev–Trinajstić information content (AvgIpc) is 2.72. The van der Waals surface area contributed by atoms with Crippen LogP contribution >= 0.6 is 0 Å². The standard InChI is InChI=1S/C14H24O5/c1-5-11(15)6-7-14(17-8-9-18-14)10-12(16)19-13(2,3)4/h5-10H2,1-4H3. The molecule has 0 spiro atoms. The Hall–Kier alpha value is -0.940. The predicted octanol–water partition coefficient (Wildman–Crippen LogP) is 2.22. The summed E-state index contributed by atoms with van der Waals surface area (Å²) >= 11 is 0. The molecule has 1 aliphatic rings. The molecule has 0 amide bonds. The van der Waals surface area contributed by atoms with E-state index in [4.69, 9.17) is 14.2 Å². The van der Waals surface area contributed by atoms with Crippen LogP contribution in [0.1, 0.15) is 53.4 Å². The first-order valence-corrected chi connectivity index (χ1v) is 6.78. The van der Waals surface area contributed by atoms with Crippen LogP contribution in [0.25, 0.3) is 0 Å². The first-order valence-electron chi connectivity index (χ1n) is 6.78. The van der Waals surface area contributed by atoms with Gasteiger partial charge >= 0.3 is 5.97 Å². The molecule has 110 valence electrons. The molecule has 1 fully saturated rings. The van der Waals surface area contributed by atoms with Crippen molar-refractivity contribution in [2.45, 2.75) is 64.8 Å². The van der Waals surface area contributed by atoms with Gasteiger partial charge in [0, 0.05) is 19.3 Å². The normalized spacial score (nSPS) is 18.3. The molecule has 0 aromatic rings. The van der Waals surface area contributed by atoms with Gasteiger partial charge in [0.05, 0.1) is 19.6 Å². The number of carbonyl (C=O) groups excluding carboxylic acids is 2. The summed E-state index contributed by atoms with van der Waals surface area (Å²) in [5, 5.41) is 0. The molecule has 5 heteroatoms. The first-order chi connectivity index (χ1) is 8.76. The van der Waals surface area contributed by atoms with E-state index in [0.717, 1.165) is 0 Å². The molecule has 0 aromatic carbocycles. The Balaban J connectivity index is 2.56. The molecule has 0 aliphatic carbocycles. The van der Waals surface area contributed by atoms with Gasteiger partial charge in [-0.3, -0.25) is 9.59 Å². The lowest BCUT2D eigenvalue weighted by Crippen LogP contribution is -2.36. The van der Waals surface area contributed by atoms with Gasteiger partial charge in [-0.25, -0.2) is 0 Å². The van der Waals surface area contributed by atoms with E-state index in [2.05, 4.69) is 0 Å². The minimum Gasteiger partial charge on any atom is -0.460 e. The monoisotopic (exact) mass is 272 g/mol. The van der Waals surface area contributed by atoms with E-state index >= 15 is 0 Å². The zero-order valence-electron chi connectivity index (χ0n) is 12.3. The summed E-state index contributed by atoms with van der Waals surface area (Å²) < 4.78 is 16.4. The first kappa shape index (κ1) is 16.1. The molecule has 0 saturated carbocycles. The van der Waals surface area contributed by atoms with Crippen LogP contribution in [0, 0.1) is 0 Å². The average molecular weight is 272 g/mol. The van der Waals surface area contributed by atoms with Gasteiger partial charge < -0.3 is 14.2 Å². The van der Waals surface area contributed by atoms with E-state index in [9.17, 15) is 9.59 Å². The van der Waals surface area contributed by atoms with Gasteiger partial charge in [-0.15, -0.1) is 0 Å². The van der Waals surface area contributed by atoms with Crippen LogP contribution in [0.5, 0.6) is 0 Å². The molecule has 5 nitrogen and oxygen atoms in total. The smallest absolute Gasteiger partial charge is 0.311 e. The maximum absolute atomic E-state index is 11.9. The van der Waals surface area contributed by atoms with Crippen molar-refractivity contribution < 1.29 is 23.8 Å². The molecule has 1 rings (SSSR count). The van der Waals surface area contributed by atoms with E-state index in [-0.39, 0.29) is 18.2 Å². The van der Waals surface area contributed by atoms with Gasteiger partial charge in [-0.05, 0) is 20.8 Å². The minimum atomic E-state index is -0.979. The Kier molecular flexibility index (Phi) is 5.50. The number of hydrogen-bond donors (Lipinski definition) is 0. The van der Waals surface area contributed by atoms with E-state index < -0.39 is 11.4 Å².